The summed E-state index contributed by atoms with van der Waals surface area (Å²) in [6.45, 7) is 0.146. The van der Waals surface area contributed by atoms with Gasteiger partial charge in [0.25, 0.3) is 21.8 Å². The van der Waals surface area contributed by atoms with E-state index in [1.807, 2.05) is 0 Å². The van der Waals surface area contributed by atoms with Crippen molar-refractivity contribution in [2.45, 2.75) is 11.4 Å². The van der Waals surface area contributed by atoms with Crippen molar-refractivity contribution in [1.29, 1.82) is 0 Å². The molecule has 2 aromatic carbocycles. The van der Waals surface area contributed by atoms with E-state index < -0.39 is 21.8 Å². The van der Waals surface area contributed by atoms with E-state index in [2.05, 4.69) is 0 Å². The minimum Gasteiger partial charge on any atom is -0.300 e. The molecule has 112 valence electrons. The first-order valence-electron chi connectivity index (χ1n) is 6.39. The number of para-hydroxylation sites is 1. The fraction of sp³-hybridized carbons (Fsp3) is 0.0667. The molecule has 0 fully saturated rings. The van der Waals surface area contributed by atoms with E-state index in [-0.39, 0.29) is 11.4 Å². The van der Waals surface area contributed by atoms with Crippen LogP contribution >= 0.6 is 0 Å². The number of hydrogen-bond acceptors (Lipinski definition) is 4. The summed E-state index contributed by atoms with van der Waals surface area (Å²) >= 11 is 0. The summed E-state index contributed by atoms with van der Waals surface area (Å²) in [5.74, 6) is -1.16. The number of rotatable bonds is 3. The Morgan fingerprint density at radius 1 is 0.955 bits per heavy atom. The first kappa shape index (κ1) is 14.4. The van der Waals surface area contributed by atoms with E-state index in [0.29, 0.717) is 16.8 Å². The van der Waals surface area contributed by atoms with E-state index in [1.165, 1.54) is 29.2 Å². The number of hydrogen-bond donors (Lipinski definition) is 1. The van der Waals surface area contributed by atoms with Gasteiger partial charge in [-0.25, -0.2) is 0 Å². The molecule has 0 unspecified atom stereocenters. The van der Waals surface area contributed by atoms with Crippen molar-refractivity contribution >= 4 is 27.5 Å². The van der Waals surface area contributed by atoms with Crippen molar-refractivity contribution in [3.05, 3.63) is 59.7 Å². The van der Waals surface area contributed by atoms with Gasteiger partial charge in [-0.3, -0.25) is 14.1 Å². The first-order chi connectivity index (χ1) is 10.4. The Morgan fingerprint density at radius 3 is 2.23 bits per heavy atom. The van der Waals surface area contributed by atoms with Gasteiger partial charge in [0, 0.05) is 0 Å². The molecule has 6 nitrogen and oxygen atoms in total. The summed E-state index contributed by atoms with van der Waals surface area (Å²) in [6, 6.07) is 12.2. The Hall–Kier alpha value is -2.51. The van der Waals surface area contributed by atoms with Gasteiger partial charge in [-0.15, -0.1) is 0 Å². The number of carbonyl (C=O) groups is 2. The molecule has 1 amide bonds. The van der Waals surface area contributed by atoms with E-state index in [4.69, 9.17) is 4.55 Å². The second-order valence-corrected chi connectivity index (χ2v) is 6.28. The molecule has 0 aromatic heterocycles. The fourth-order valence-corrected chi connectivity index (χ4v) is 2.83. The van der Waals surface area contributed by atoms with Crippen LogP contribution in [-0.4, -0.2) is 24.7 Å². The number of Topliss-reactive ketones (excluding diaryl/α,β-unsaturated/α-hetero) is 1. The topological polar surface area (TPSA) is 91.8 Å². The Balaban J connectivity index is 1.91. The zero-order chi connectivity index (χ0) is 15.9. The van der Waals surface area contributed by atoms with Crippen LogP contribution < -0.4 is 4.90 Å². The van der Waals surface area contributed by atoms with Gasteiger partial charge < -0.3 is 4.90 Å². The van der Waals surface area contributed by atoms with Crippen LogP contribution in [0.2, 0.25) is 0 Å². The SMILES string of the molecule is O=C1C(=O)N(Cc2ccc(S(=O)(=O)O)cc2)c2ccccc21. The maximum absolute atomic E-state index is 12.0. The molecule has 22 heavy (non-hydrogen) atoms. The van der Waals surface area contributed by atoms with Gasteiger partial charge in [-0.1, -0.05) is 24.3 Å². The lowest BCUT2D eigenvalue weighted by molar-refractivity contribution is -0.114. The molecule has 0 saturated carbocycles. The maximum Gasteiger partial charge on any atom is 0.299 e. The van der Waals surface area contributed by atoms with Crippen LogP contribution in [0, 0.1) is 0 Å². The van der Waals surface area contributed by atoms with Crippen LogP contribution in [0.15, 0.2) is 53.4 Å². The van der Waals surface area contributed by atoms with Gasteiger partial charge in [0.2, 0.25) is 0 Å². The zero-order valence-corrected chi connectivity index (χ0v) is 12.1. The molecule has 0 aliphatic carbocycles. The number of carbonyl (C=O) groups excluding carboxylic acids is 2. The van der Waals surface area contributed by atoms with E-state index >= 15 is 0 Å². The van der Waals surface area contributed by atoms with Gasteiger partial charge in [0.15, 0.2) is 0 Å². The lowest BCUT2D eigenvalue weighted by Crippen LogP contribution is -2.29. The summed E-state index contributed by atoms with van der Waals surface area (Å²) in [5, 5.41) is 0. The van der Waals surface area contributed by atoms with Crippen LogP contribution in [0.25, 0.3) is 0 Å². The molecule has 1 aliphatic rings. The number of anilines is 1. The Kier molecular flexibility index (Phi) is 3.31. The molecular weight excluding hydrogens is 306 g/mol. The average Bonchev–Trinajstić information content (AvgIpc) is 2.73. The van der Waals surface area contributed by atoms with Gasteiger partial charge in [0.1, 0.15) is 0 Å². The summed E-state index contributed by atoms with van der Waals surface area (Å²) in [6.07, 6.45) is 0. The second-order valence-electron chi connectivity index (χ2n) is 4.86. The molecule has 1 N–H and O–H groups in total. The van der Waals surface area contributed by atoms with Gasteiger partial charge in [-0.2, -0.15) is 8.42 Å². The molecule has 0 radical (unpaired) electrons. The second kappa shape index (κ2) is 5.04. The zero-order valence-electron chi connectivity index (χ0n) is 11.3. The minimum absolute atomic E-state index is 0.146. The van der Waals surface area contributed by atoms with Crippen molar-refractivity contribution in [1.82, 2.24) is 0 Å². The minimum atomic E-state index is -4.25. The quantitative estimate of drug-likeness (QED) is 0.686. The highest BCUT2D eigenvalue weighted by Gasteiger charge is 2.35. The van der Waals surface area contributed by atoms with Crippen molar-refractivity contribution in [2.24, 2.45) is 0 Å². The predicted octanol–water partition coefficient (Wildman–Crippen LogP) is 1.66. The third-order valence-corrected chi connectivity index (χ3v) is 4.31. The lowest BCUT2D eigenvalue weighted by Gasteiger charge is -2.16. The standard InChI is InChI=1S/C15H11NO5S/c17-14-12-3-1-2-4-13(12)16(15(14)18)9-10-5-7-11(8-6-10)22(19,20)21/h1-8H,9H2,(H,19,20,21). The molecule has 0 bridgehead atoms. The van der Waals surface area contributed by atoms with Crippen molar-refractivity contribution < 1.29 is 22.6 Å². The van der Waals surface area contributed by atoms with Gasteiger partial charge in [0.05, 0.1) is 22.7 Å². The first-order valence-corrected chi connectivity index (χ1v) is 7.83. The normalized spacial score (nSPS) is 14.3. The fourth-order valence-electron chi connectivity index (χ4n) is 2.35. The van der Waals surface area contributed by atoms with Crippen LogP contribution in [0.1, 0.15) is 15.9 Å². The summed E-state index contributed by atoms with van der Waals surface area (Å²) < 4.78 is 30.9. The van der Waals surface area contributed by atoms with Crippen molar-refractivity contribution in [2.75, 3.05) is 4.90 Å². The lowest BCUT2D eigenvalue weighted by atomic mass is 10.1. The molecule has 3 rings (SSSR count). The molecule has 0 saturated heterocycles. The van der Waals surface area contributed by atoms with E-state index in [0.717, 1.165) is 0 Å². The van der Waals surface area contributed by atoms with Crippen molar-refractivity contribution in [3.8, 4) is 0 Å². The van der Waals surface area contributed by atoms with Gasteiger partial charge in [-0.05, 0) is 29.8 Å². The van der Waals surface area contributed by atoms with Crippen LogP contribution in [0.5, 0.6) is 0 Å². The third kappa shape index (κ3) is 2.40. The number of ketones is 1. The molecule has 2 aromatic rings. The van der Waals surface area contributed by atoms with Crippen LogP contribution in [-0.2, 0) is 21.5 Å². The summed E-state index contributed by atoms with van der Waals surface area (Å²) in [4.78, 5) is 25.0. The molecule has 1 aliphatic heterocycles. The largest absolute Gasteiger partial charge is 0.300 e. The van der Waals surface area contributed by atoms with Crippen LogP contribution in [0.3, 0.4) is 0 Å². The van der Waals surface area contributed by atoms with E-state index in [9.17, 15) is 18.0 Å². The monoisotopic (exact) mass is 317 g/mol. The van der Waals surface area contributed by atoms with Gasteiger partial charge >= 0.3 is 0 Å². The Bertz CT molecular complexity index is 871. The highest BCUT2D eigenvalue weighted by atomic mass is 32.2. The number of fused-ring (bicyclic) bond motifs is 1. The molecule has 1 heterocycles. The van der Waals surface area contributed by atoms with Crippen molar-refractivity contribution in [3.63, 3.8) is 0 Å². The molecular formula is C15H11NO5S. The van der Waals surface area contributed by atoms with E-state index in [1.54, 1.807) is 24.3 Å². The maximum atomic E-state index is 12.0. The molecule has 0 atom stereocenters. The summed E-state index contributed by atoms with van der Waals surface area (Å²) in [7, 11) is -4.25. The third-order valence-electron chi connectivity index (χ3n) is 3.44. The molecule has 7 heteroatoms. The Labute approximate surface area is 126 Å². The highest BCUT2D eigenvalue weighted by Crippen LogP contribution is 2.30. The Morgan fingerprint density at radius 2 is 1.59 bits per heavy atom. The number of amides is 1. The molecule has 0 spiro atoms. The number of benzene rings is 2. The average molecular weight is 317 g/mol. The smallest absolute Gasteiger partial charge is 0.299 e. The highest BCUT2D eigenvalue weighted by molar-refractivity contribution is 7.85. The summed E-state index contributed by atoms with van der Waals surface area (Å²) in [5.41, 5.74) is 1.55. The van der Waals surface area contributed by atoms with Crippen LogP contribution in [0.4, 0.5) is 5.69 Å². The predicted molar refractivity (Wildman–Crippen MR) is 78.2 cm³/mol. The number of nitrogens with zero attached hydrogens (tertiary/aromatic N) is 1.